The molecule has 1 aromatic carbocycles. The van der Waals surface area contributed by atoms with Crippen LogP contribution >= 0.6 is 0 Å². The Balaban J connectivity index is 1.75. The molecule has 0 aromatic heterocycles. The summed E-state index contributed by atoms with van der Waals surface area (Å²) in [6, 6.07) is 11.1. The molecule has 0 unspecified atom stereocenters. The van der Waals surface area contributed by atoms with Crippen molar-refractivity contribution in [2.24, 2.45) is 0 Å². The summed E-state index contributed by atoms with van der Waals surface area (Å²) in [5, 5.41) is 13.1. The van der Waals surface area contributed by atoms with Crippen molar-refractivity contribution in [1.29, 1.82) is 0 Å². The van der Waals surface area contributed by atoms with E-state index >= 15 is 0 Å². The molecule has 0 spiro atoms. The third-order valence-electron chi connectivity index (χ3n) is 3.34. The lowest BCUT2D eigenvalue weighted by Crippen LogP contribution is -2.41. The third kappa shape index (κ3) is 4.41. The molecule has 3 heteroatoms. The van der Waals surface area contributed by atoms with Crippen LogP contribution in [0.3, 0.4) is 0 Å². The van der Waals surface area contributed by atoms with Crippen molar-refractivity contribution in [1.82, 2.24) is 10.2 Å². The zero-order valence-electron chi connectivity index (χ0n) is 11.4. The molecule has 100 valence electrons. The predicted octanol–water partition coefficient (Wildman–Crippen LogP) is 1.62. The van der Waals surface area contributed by atoms with Gasteiger partial charge in [0.15, 0.2) is 0 Å². The van der Waals surface area contributed by atoms with E-state index in [0.717, 1.165) is 19.6 Å². The van der Waals surface area contributed by atoms with Crippen LogP contribution < -0.4 is 5.32 Å². The number of nitrogens with one attached hydrogen (secondary N) is 1. The molecule has 1 aliphatic heterocycles. The Kier molecular flexibility index (Phi) is 4.38. The minimum atomic E-state index is -0.618. The largest absolute Gasteiger partial charge is 0.389 e. The molecule has 1 heterocycles. The van der Waals surface area contributed by atoms with Crippen LogP contribution in [0.1, 0.15) is 25.8 Å². The molecule has 0 saturated carbocycles. The van der Waals surface area contributed by atoms with E-state index in [1.165, 1.54) is 12.0 Å². The zero-order valence-corrected chi connectivity index (χ0v) is 11.4. The van der Waals surface area contributed by atoms with Gasteiger partial charge in [-0.1, -0.05) is 30.3 Å². The van der Waals surface area contributed by atoms with E-state index in [1.807, 2.05) is 13.8 Å². The highest BCUT2D eigenvalue weighted by Gasteiger charge is 2.23. The van der Waals surface area contributed by atoms with E-state index in [2.05, 4.69) is 40.5 Å². The van der Waals surface area contributed by atoms with Gasteiger partial charge in [-0.25, -0.2) is 0 Å². The van der Waals surface area contributed by atoms with Crippen molar-refractivity contribution < 1.29 is 5.11 Å². The highest BCUT2D eigenvalue weighted by Crippen LogP contribution is 2.14. The van der Waals surface area contributed by atoms with E-state index in [0.29, 0.717) is 12.6 Å². The quantitative estimate of drug-likeness (QED) is 0.831. The first-order chi connectivity index (χ1) is 8.53. The van der Waals surface area contributed by atoms with Crippen molar-refractivity contribution in [3.63, 3.8) is 0 Å². The number of aliphatic hydroxyl groups is 1. The summed E-state index contributed by atoms with van der Waals surface area (Å²) in [5.41, 5.74) is 0.757. The first-order valence-corrected chi connectivity index (χ1v) is 6.75. The van der Waals surface area contributed by atoms with E-state index in [4.69, 9.17) is 0 Å². The number of nitrogens with zero attached hydrogens (tertiary/aromatic N) is 1. The molecule has 3 nitrogen and oxygen atoms in total. The number of hydrogen-bond donors (Lipinski definition) is 2. The van der Waals surface area contributed by atoms with Gasteiger partial charge in [-0.2, -0.15) is 0 Å². The van der Waals surface area contributed by atoms with Gasteiger partial charge in [-0.15, -0.1) is 0 Å². The van der Waals surface area contributed by atoms with Crippen LogP contribution in [-0.4, -0.2) is 41.3 Å². The van der Waals surface area contributed by atoms with Crippen LogP contribution in [0.25, 0.3) is 0 Å². The Morgan fingerprint density at radius 3 is 2.72 bits per heavy atom. The monoisotopic (exact) mass is 248 g/mol. The van der Waals surface area contributed by atoms with Crippen molar-refractivity contribution in [3.05, 3.63) is 35.9 Å². The molecule has 1 aromatic rings. The van der Waals surface area contributed by atoms with Gasteiger partial charge in [0, 0.05) is 32.2 Å². The molecule has 0 aliphatic carbocycles. The summed E-state index contributed by atoms with van der Waals surface area (Å²) < 4.78 is 0. The minimum absolute atomic E-state index is 0.514. The van der Waals surface area contributed by atoms with E-state index < -0.39 is 5.60 Å². The Hall–Kier alpha value is -0.900. The molecule has 0 bridgehead atoms. The lowest BCUT2D eigenvalue weighted by molar-refractivity contribution is 0.0766. The summed E-state index contributed by atoms with van der Waals surface area (Å²) in [5.74, 6) is 0. The van der Waals surface area contributed by atoms with Crippen molar-refractivity contribution >= 4 is 0 Å². The second kappa shape index (κ2) is 5.83. The number of rotatable bonds is 5. The third-order valence-corrected chi connectivity index (χ3v) is 3.34. The molecular weight excluding hydrogens is 224 g/mol. The Bertz CT molecular complexity index is 359. The van der Waals surface area contributed by atoms with Crippen LogP contribution in [0.4, 0.5) is 0 Å². The maximum absolute atomic E-state index is 9.70. The van der Waals surface area contributed by atoms with Crippen LogP contribution in [0.2, 0.25) is 0 Å². The van der Waals surface area contributed by atoms with Gasteiger partial charge in [-0.05, 0) is 25.8 Å². The summed E-state index contributed by atoms with van der Waals surface area (Å²) in [6.45, 7) is 7.59. The molecule has 0 amide bonds. The van der Waals surface area contributed by atoms with Gasteiger partial charge in [0.25, 0.3) is 0 Å². The normalized spacial score (nSPS) is 21.4. The maximum atomic E-state index is 9.70. The topological polar surface area (TPSA) is 35.5 Å². The molecule has 2 N–H and O–H groups in total. The van der Waals surface area contributed by atoms with E-state index in [9.17, 15) is 5.11 Å². The summed E-state index contributed by atoms with van der Waals surface area (Å²) in [4.78, 5) is 2.47. The first-order valence-electron chi connectivity index (χ1n) is 6.75. The fourth-order valence-corrected chi connectivity index (χ4v) is 2.38. The molecule has 0 radical (unpaired) electrons. The molecule has 1 fully saturated rings. The SMILES string of the molecule is CC(C)(O)CN[C@@H]1CCN(Cc2ccccc2)C1. The minimum Gasteiger partial charge on any atom is -0.389 e. The second-order valence-electron chi connectivity index (χ2n) is 5.90. The zero-order chi connectivity index (χ0) is 13.0. The van der Waals surface area contributed by atoms with Crippen LogP contribution in [0, 0.1) is 0 Å². The molecule has 1 atom stereocenters. The van der Waals surface area contributed by atoms with Crippen molar-refractivity contribution in [2.75, 3.05) is 19.6 Å². The molecule has 1 aliphatic rings. The number of hydrogen-bond acceptors (Lipinski definition) is 3. The highest BCUT2D eigenvalue weighted by atomic mass is 16.3. The first kappa shape index (κ1) is 13.5. The van der Waals surface area contributed by atoms with Crippen molar-refractivity contribution in [2.45, 2.75) is 38.5 Å². The molecule has 2 rings (SSSR count). The maximum Gasteiger partial charge on any atom is 0.0715 e. The number of likely N-dealkylation sites (tertiary alicyclic amines) is 1. The number of benzene rings is 1. The molecule has 18 heavy (non-hydrogen) atoms. The Morgan fingerprint density at radius 1 is 1.33 bits per heavy atom. The summed E-state index contributed by atoms with van der Waals surface area (Å²) >= 11 is 0. The average Bonchev–Trinajstić information content (AvgIpc) is 2.75. The van der Waals surface area contributed by atoms with Crippen LogP contribution in [0.5, 0.6) is 0 Å². The smallest absolute Gasteiger partial charge is 0.0715 e. The Labute approximate surface area is 110 Å². The van der Waals surface area contributed by atoms with Crippen LogP contribution in [-0.2, 0) is 6.54 Å². The summed E-state index contributed by atoms with van der Waals surface area (Å²) in [7, 11) is 0. The van der Waals surface area contributed by atoms with E-state index in [-0.39, 0.29) is 0 Å². The van der Waals surface area contributed by atoms with Crippen LogP contribution in [0.15, 0.2) is 30.3 Å². The van der Waals surface area contributed by atoms with Gasteiger partial charge < -0.3 is 10.4 Å². The molecular formula is C15H24N2O. The predicted molar refractivity (Wildman–Crippen MR) is 74.4 cm³/mol. The van der Waals surface area contributed by atoms with Gasteiger partial charge in [0.2, 0.25) is 0 Å². The lowest BCUT2D eigenvalue weighted by Gasteiger charge is -2.22. The van der Waals surface area contributed by atoms with Crippen molar-refractivity contribution in [3.8, 4) is 0 Å². The van der Waals surface area contributed by atoms with Gasteiger partial charge >= 0.3 is 0 Å². The van der Waals surface area contributed by atoms with Gasteiger partial charge in [0.05, 0.1) is 5.60 Å². The second-order valence-corrected chi connectivity index (χ2v) is 5.90. The standard InChI is InChI=1S/C15H24N2O/c1-15(2,18)12-16-14-8-9-17(11-14)10-13-6-4-3-5-7-13/h3-7,14,16,18H,8-12H2,1-2H3/t14-/m1/s1. The highest BCUT2D eigenvalue weighted by molar-refractivity contribution is 5.14. The molecule has 1 saturated heterocycles. The summed E-state index contributed by atoms with van der Waals surface area (Å²) in [6.07, 6.45) is 1.17. The van der Waals surface area contributed by atoms with E-state index in [1.54, 1.807) is 0 Å². The lowest BCUT2D eigenvalue weighted by atomic mass is 10.1. The fourth-order valence-electron chi connectivity index (χ4n) is 2.38. The fraction of sp³-hybridized carbons (Fsp3) is 0.600. The average molecular weight is 248 g/mol. The van der Waals surface area contributed by atoms with Gasteiger partial charge in [-0.3, -0.25) is 4.90 Å². The van der Waals surface area contributed by atoms with Gasteiger partial charge in [0.1, 0.15) is 0 Å². The Morgan fingerprint density at radius 2 is 2.06 bits per heavy atom.